The van der Waals surface area contributed by atoms with E-state index >= 15 is 0 Å². The van der Waals surface area contributed by atoms with Crippen molar-refractivity contribution in [2.24, 2.45) is 11.7 Å². The lowest BCUT2D eigenvalue weighted by Crippen LogP contribution is -2.37. The molecule has 0 aromatic carbocycles. The zero-order valence-electron chi connectivity index (χ0n) is 13.9. The molecule has 1 aliphatic heterocycles. The van der Waals surface area contributed by atoms with Crippen LogP contribution in [-0.4, -0.2) is 62.7 Å². The Morgan fingerprint density at radius 1 is 1.28 bits per heavy atom. The van der Waals surface area contributed by atoms with Crippen molar-refractivity contribution in [3.05, 3.63) is 30.1 Å². The minimum absolute atomic E-state index is 0.610. The van der Waals surface area contributed by atoms with Gasteiger partial charge in [-0.05, 0) is 44.5 Å². The van der Waals surface area contributed by atoms with Crippen molar-refractivity contribution in [3.63, 3.8) is 0 Å². The van der Waals surface area contributed by atoms with Gasteiger partial charge in [-0.25, -0.2) is 0 Å². The molecule has 1 saturated heterocycles. The van der Waals surface area contributed by atoms with Gasteiger partial charge in [-0.1, -0.05) is 6.07 Å². The highest BCUT2D eigenvalue weighted by Gasteiger charge is 2.30. The van der Waals surface area contributed by atoms with Crippen LogP contribution < -0.4 is 5.73 Å². The summed E-state index contributed by atoms with van der Waals surface area (Å²) in [6.07, 6.45) is 5.78. The molecule has 1 unspecified atom stereocenters. The maximum atomic E-state index is 10.3. The molecular weight excluding hydrogens is 330 g/mol. The molecule has 0 aliphatic carbocycles. The summed E-state index contributed by atoms with van der Waals surface area (Å²) in [5.41, 5.74) is 6.33. The highest BCUT2D eigenvalue weighted by Crippen LogP contribution is 2.29. The summed E-state index contributed by atoms with van der Waals surface area (Å²) in [6.45, 7) is 1.22. The predicted octanol–water partition coefficient (Wildman–Crippen LogP) is 0.422. The zero-order valence-corrected chi connectivity index (χ0v) is 13.9. The second-order valence-electron chi connectivity index (χ2n) is 5.83. The maximum absolute atomic E-state index is 10.3. The maximum Gasteiger partial charge on any atom is 0.320 e. The number of aliphatic carboxylic acids is 3. The van der Waals surface area contributed by atoms with E-state index in [-0.39, 0.29) is 0 Å². The molecule has 0 amide bonds. The number of likely N-dealkylation sites (tertiary alicyclic amines) is 1. The van der Waals surface area contributed by atoms with Crippen LogP contribution in [0.4, 0.5) is 0 Å². The van der Waals surface area contributed by atoms with Crippen molar-refractivity contribution in [3.8, 4) is 0 Å². The van der Waals surface area contributed by atoms with Crippen molar-refractivity contribution in [1.82, 2.24) is 9.88 Å². The Morgan fingerprint density at radius 2 is 1.92 bits per heavy atom. The first-order valence-corrected chi connectivity index (χ1v) is 7.78. The van der Waals surface area contributed by atoms with Gasteiger partial charge in [0.1, 0.15) is 6.04 Å². The molecule has 1 fully saturated rings. The molecule has 5 N–H and O–H groups in total. The Morgan fingerprint density at radius 3 is 2.32 bits per heavy atom. The number of hydrogen-bond acceptors (Lipinski definition) is 6. The number of nitrogens with two attached hydrogens (primary N) is 1. The molecule has 2 heterocycles. The van der Waals surface area contributed by atoms with Crippen molar-refractivity contribution < 1.29 is 29.7 Å². The number of carboxylic acids is 3. The molecule has 1 aromatic rings. The van der Waals surface area contributed by atoms with E-state index in [1.54, 1.807) is 0 Å². The Balaban J connectivity index is 0.000000250. The van der Waals surface area contributed by atoms with E-state index in [0.717, 1.165) is 0 Å². The molecule has 2 atom stereocenters. The van der Waals surface area contributed by atoms with E-state index in [4.69, 9.17) is 21.1 Å². The third kappa shape index (κ3) is 6.48. The number of nitrogens with zero attached hydrogens (tertiary/aromatic N) is 2. The van der Waals surface area contributed by atoms with Crippen molar-refractivity contribution in [2.45, 2.75) is 31.3 Å². The van der Waals surface area contributed by atoms with Gasteiger partial charge in [-0.3, -0.25) is 24.3 Å². The second-order valence-corrected chi connectivity index (χ2v) is 5.83. The SMILES string of the molecule is CN1CCCC1c1cccnc1.N[C@@H](CC(C(=O)O)C(=O)O)C(=O)O. The number of rotatable bonds is 6. The molecule has 1 aliphatic rings. The summed E-state index contributed by atoms with van der Waals surface area (Å²) in [7, 11) is 2.19. The fraction of sp³-hybridized carbons (Fsp3) is 0.500. The monoisotopic (exact) mass is 353 g/mol. The van der Waals surface area contributed by atoms with Crippen LogP contribution in [-0.2, 0) is 14.4 Å². The molecule has 0 radical (unpaired) electrons. The smallest absolute Gasteiger partial charge is 0.320 e. The van der Waals surface area contributed by atoms with Gasteiger partial charge in [-0.15, -0.1) is 0 Å². The van der Waals surface area contributed by atoms with Gasteiger partial charge in [0.2, 0.25) is 0 Å². The Hall–Kier alpha value is -2.52. The first-order valence-electron chi connectivity index (χ1n) is 7.78. The molecule has 9 nitrogen and oxygen atoms in total. The Kier molecular flexibility index (Phi) is 7.96. The standard InChI is InChI=1S/C10H14N2.C6H9NO6/c1-12-7-3-5-10(12)9-4-2-6-11-8-9;7-3(6(12)13)1-2(4(8)9)5(10)11/h2,4,6,8,10H,3,5,7H2,1H3;2-3H,1,7H2,(H,8,9)(H,10,11)(H,12,13)/t;3-/m.0/s1. The van der Waals surface area contributed by atoms with E-state index in [2.05, 4.69) is 23.0 Å². The van der Waals surface area contributed by atoms with Crippen LogP contribution in [0, 0.1) is 5.92 Å². The van der Waals surface area contributed by atoms with Gasteiger partial charge in [0.05, 0.1) is 0 Å². The van der Waals surface area contributed by atoms with E-state index in [1.807, 2.05) is 18.5 Å². The Labute approximate surface area is 145 Å². The highest BCUT2D eigenvalue weighted by molar-refractivity contribution is 5.93. The summed E-state index contributed by atoms with van der Waals surface area (Å²) < 4.78 is 0. The number of pyridine rings is 1. The lowest BCUT2D eigenvalue weighted by Gasteiger charge is -2.18. The quantitative estimate of drug-likeness (QED) is 0.533. The predicted molar refractivity (Wildman–Crippen MR) is 87.8 cm³/mol. The van der Waals surface area contributed by atoms with Gasteiger partial charge < -0.3 is 21.1 Å². The van der Waals surface area contributed by atoms with Gasteiger partial charge in [0.25, 0.3) is 0 Å². The van der Waals surface area contributed by atoms with Crippen molar-refractivity contribution in [2.75, 3.05) is 13.6 Å². The molecular formula is C16H23N3O6. The topological polar surface area (TPSA) is 154 Å². The minimum atomic E-state index is -1.77. The average Bonchev–Trinajstić information content (AvgIpc) is 2.99. The Bertz CT molecular complexity index is 581. The molecule has 25 heavy (non-hydrogen) atoms. The summed E-state index contributed by atoms with van der Waals surface area (Å²) in [5.74, 6) is -6.38. The van der Waals surface area contributed by atoms with Gasteiger partial charge in [0, 0.05) is 18.4 Å². The molecule has 0 spiro atoms. The molecule has 2 rings (SSSR count). The van der Waals surface area contributed by atoms with Gasteiger partial charge in [0.15, 0.2) is 5.92 Å². The lowest BCUT2D eigenvalue weighted by atomic mass is 10.0. The summed E-state index contributed by atoms with van der Waals surface area (Å²) in [4.78, 5) is 37.2. The van der Waals surface area contributed by atoms with E-state index in [9.17, 15) is 14.4 Å². The summed E-state index contributed by atoms with van der Waals surface area (Å²) in [6, 6.07) is 3.32. The largest absolute Gasteiger partial charge is 0.481 e. The van der Waals surface area contributed by atoms with E-state index in [0.29, 0.717) is 6.04 Å². The van der Waals surface area contributed by atoms with Crippen LogP contribution >= 0.6 is 0 Å². The zero-order chi connectivity index (χ0) is 19.0. The number of carboxylic acid groups (broad SMARTS) is 3. The molecule has 1 aromatic heterocycles. The number of hydrogen-bond donors (Lipinski definition) is 4. The minimum Gasteiger partial charge on any atom is -0.481 e. The van der Waals surface area contributed by atoms with E-state index < -0.39 is 36.3 Å². The fourth-order valence-corrected chi connectivity index (χ4v) is 2.57. The third-order valence-electron chi connectivity index (χ3n) is 3.99. The van der Waals surface area contributed by atoms with Crippen LogP contribution in [0.3, 0.4) is 0 Å². The number of aromatic nitrogens is 1. The van der Waals surface area contributed by atoms with Crippen LogP contribution in [0.15, 0.2) is 24.5 Å². The van der Waals surface area contributed by atoms with Crippen LogP contribution in [0.1, 0.15) is 30.9 Å². The molecule has 138 valence electrons. The molecule has 0 saturated carbocycles. The molecule has 0 bridgehead atoms. The normalized spacial score (nSPS) is 18.3. The van der Waals surface area contributed by atoms with Gasteiger partial charge in [-0.2, -0.15) is 0 Å². The third-order valence-corrected chi connectivity index (χ3v) is 3.99. The fourth-order valence-electron chi connectivity index (χ4n) is 2.57. The lowest BCUT2D eigenvalue weighted by molar-refractivity contribution is -0.155. The summed E-state index contributed by atoms with van der Waals surface area (Å²) >= 11 is 0. The van der Waals surface area contributed by atoms with Crippen LogP contribution in [0.5, 0.6) is 0 Å². The number of carbonyl (C=O) groups is 3. The second kappa shape index (κ2) is 9.70. The molecule has 9 heteroatoms. The first kappa shape index (κ1) is 20.5. The summed E-state index contributed by atoms with van der Waals surface area (Å²) in [5, 5.41) is 25.0. The van der Waals surface area contributed by atoms with Gasteiger partial charge >= 0.3 is 17.9 Å². The highest BCUT2D eigenvalue weighted by atomic mass is 16.4. The first-order chi connectivity index (χ1) is 11.7. The average molecular weight is 353 g/mol. The van der Waals surface area contributed by atoms with E-state index in [1.165, 1.54) is 24.9 Å². The van der Waals surface area contributed by atoms with Crippen LogP contribution in [0.25, 0.3) is 0 Å². The van der Waals surface area contributed by atoms with Crippen LogP contribution in [0.2, 0.25) is 0 Å². The van der Waals surface area contributed by atoms with Crippen molar-refractivity contribution in [1.29, 1.82) is 0 Å². The van der Waals surface area contributed by atoms with Crippen molar-refractivity contribution >= 4 is 17.9 Å².